The van der Waals surface area contributed by atoms with Crippen molar-refractivity contribution in [3.8, 4) is 0 Å². The molecule has 1 aromatic heterocycles. The highest BCUT2D eigenvalue weighted by atomic mass is 79.9. The van der Waals surface area contributed by atoms with Gasteiger partial charge < -0.3 is 5.11 Å². The average molecular weight is 301 g/mol. The fraction of sp³-hybridized carbons (Fsp3) is 0.167. The van der Waals surface area contributed by atoms with E-state index in [1.165, 1.54) is 11.3 Å². The van der Waals surface area contributed by atoms with Gasteiger partial charge in [-0.15, -0.1) is 11.3 Å². The zero-order chi connectivity index (χ0) is 11.7. The van der Waals surface area contributed by atoms with E-state index >= 15 is 0 Å². The van der Waals surface area contributed by atoms with Crippen LogP contribution in [-0.4, -0.2) is 5.11 Å². The average Bonchev–Trinajstić information content (AvgIpc) is 2.68. The van der Waals surface area contributed by atoms with Crippen LogP contribution in [0.25, 0.3) is 0 Å². The van der Waals surface area contributed by atoms with Gasteiger partial charge in [0.15, 0.2) is 0 Å². The van der Waals surface area contributed by atoms with Crippen molar-refractivity contribution in [1.29, 1.82) is 0 Å². The molecule has 4 heteroatoms. The minimum absolute atomic E-state index is 0.302. The van der Waals surface area contributed by atoms with E-state index in [2.05, 4.69) is 15.9 Å². The molecule has 0 aliphatic rings. The monoisotopic (exact) mass is 300 g/mol. The van der Waals surface area contributed by atoms with Crippen LogP contribution in [0.1, 0.15) is 21.4 Å². The molecule has 0 saturated carbocycles. The van der Waals surface area contributed by atoms with E-state index in [1.807, 2.05) is 19.1 Å². The van der Waals surface area contributed by atoms with E-state index in [0.29, 0.717) is 10.0 Å². The molecule has 0 saturated heterocycles. The summed E-state index contributed by atoms with van der Waals surface area (Å²) in [4.78, 5) is 1.86. The highest BCUT2D eigenvalue weighted by molar-refractivity contribution is 9.10. The molecular formula is C12H10BrFOS. The summed E-state index contributed by atoms with van der Waals surface area (Å²) in [6.07, 6.45) is -0.892. The fourth-order valence-electron chi connectivity index (χ4n) is 1.49. The molecule has 2 rings (SSSR count). The Hall–Kier alpha value is -0.710. The van der Waals surface area contributed by atoms with E-state index in [0.717, 1.165) is 9.75 Å². The minimum atomic E-state index is -0.892. The van der Waals surface area contributed by atoms with Gasteiger partial charge in [0.2, 0.25) is 0 Å². The number of benzene rings is 1. The second kappa shape index (κ2) is 4.65. The first kappa shape index (κ1) is 11.8. The van der Waals surface area contributed by atoms with Gasteiger partial charge in [-0.25, -0.2) is 4.39 Å². The molecule has 0 aliphatic heterocycles. The van der Waals surface area contributed by atoms with E-state index in [1.54, 1.807) is 18.2 Å². The molecule has 1 nitrogen and oxygen atoms in total. The summed E-state index contributed by atoms with van der Waals surface area (Å²) >= 11 is 4.58. The zero-order valence-electron chi connectivity index (χ0n) is 8.58. The summed E-state index contributed by atoms with van der Waals surface area (Å²) < 4.78 is 14.1. The Balaban J connectivity index is 2.41. The Morgan fingerprint density at radius 2 is 2.06 bits per heavy atom. The van der Waals surface area contributed by atoms with Crippen molar-refractivity contribution in [2.45, 2.75) is 13.0 Å². The minimum Gasteiger partial charge on any atom is -0.383 e. The summed E-state index contributed by atoms with van der Waals surface area (Å²) in [7, 11) is 0. The first-order valence-electron chi connectivity index (χ1n) is 4.78. The van der Waals surface area contributed by atoms with Crippen LogP contribution in [-0.2, 0) is 0 Å². The van der Waals surface area contributed by atoms with Crippen LogP contribution in [0.5, 0.6) is 0 Å². The van der Waals surface area contributed by atoms with Gasteiger partial charge in [-0.2, -0.15) is 0 Å². The van der Waals surface area contributed by atoms with Crippen molar-refractivity contribution < 1.29 is 9.50 Å². The molecule has 0 amide bonds. The van der Waals surface area contributed by atoms with Crippen LogP contribution < -0.4 is 0 Å². The van der Waals surface area contributed by atoms with Gasteiger partial charge in [-0.05, 0) is 41.1 Å². The lowest BCUT2D eigenvalue weighted by atomic mass is 10.1. The number of halogens is 2. The number of rotatable bonds is 2. The number of aryl methyl sites for hydroxylation is 1. The van der Waals surface area contributed by atoms with Crippen molar-refractivity contribution in [3.05, 3.63) is 55.9 Å². The van der Waals surface area contributed by atoms with Crippen LogP contribution in [0.3, 0.4) is 0 Å². The Morgan fingerprint density at radius 1 is 1.31 bits per heavy atom. The van der Waals surface area contributed by atoms with E-state index in [4.69, 9.17) is 0 Å². The smallest absolute Gasteiger partial charge is 0.143 e. The lowest BCUT2D eigenvalue weighted by molar-refractivity contribution is 0.218. The third-order valence-corrected chi connectivity index (χ3v) is 3.97. The van der Waals surface area contributed by atoms with Crippen molar-refractivity contribution in [3.63, 3.8) is 0 Å². The number of hydrogen-bond acceptors (Lipinski definition) is 2. The molecule has 1 unspecified atom stereocenters. The molecule has 84 valence electrons. The Bertz CT molecular complexity index is 509. The summed E-state index contributed by atoms with van der Waals surface area (Å²) in [6, 6.07) is 8.67. The van der Waals surface area contributed by atoms with E-state index in [9.17, 15) is 9.50 Å². The normalized spacial score (nSPS) is 12.8. The highest BCUT2D eigenvalue weighted by Gasteiger charge is 2.17. The lowest BCUT2D eigenvalue weighted by Crippen LogP contribution is -2.00. The predicted molar refractivity (Wildman–Crippen MR) is 67.2 cm³/mol. The second-order valence-electron chi connectivity index (χ2n) is 3.49. The van der Waals surface area contributed by atoms with E-state index in [-0.39, 0.29) is 0 Å². The Labute approximate surface area is 106 Å². The van der Waals surface area contributed by atoms with Gasteiger partial charge in [-0.3, -0.25) is 0 Å². The predicted octanol–water partition coefficient (Wildman–Crippen LogP) is 4.04. The zero-order valence-corrected chi connectivity index (χ0v) is 11.0. The molecule has 0 bridgehead atoms. The molecule has 1 atom stereocenters. The van der Waals surface area contributed by atoms with E-state index < -0.39 is 11.9 Å². The van der Waals surface area contributed by atoms with Gasteiger partial charge in [0.1, 0.15) is 11.9 Å². The molecule has 1 N–H and O–H groups in total. The molecule has 2 aromatic rings. The third-order valence-electron chi connectivity index (χ3n) is 2.31. The molecular weight excluding hydrogens is 291 g/mol. The van der Waals surface area contributed by atoms with Gasteiger partial charge >= 0.3 is 0 Å². The maximum absolute atomic E-state index is 13.7. The molecule has 0 radical (unpaired) electrons. The maximum atomic E-state index is 13.7. The number of thiophene rings is 1. The van der Waals surface area contributed by atoms with Crippen LogP contribution in [0.4, 0.5) is 4.39 Å². The van der Waals surface area contributed by atoms with Gasteiger partial charge in [0.05, 0.1) is 4.47 Å². The van der Waals surface area contributed by atoms with Crippen molar-refractivity contribution >= 4 is 27.3 Å². The van der Waals surface area contributed by atoms with Crippen LogP contribution >= 0.6 is 27.3 Å². The first-order chi connectivity index (χ1) is 7.59. The standard InChI is InChI=1S/C12H10BrFOS/c1-7-5-6-10(16-7)12(15)8-3-2-4-9(13)11(8)14/h2-6,12,15H,1H3. The summed E-state index contributed by atoms with van der Waals surface area (Å²) in [5.41, 5.74) is 0.302. The number of aliphatic hydroxyl groups is 1. The highest BCUT2D eigenvalue weighted by Crippen LogP contribution is 2.31. The Kier molecular flexibility index (Phi) is 3.42. The molecule has 0 aliphatic carbocycles. The number of aliphatic hydroxyl groups excluding tert-OH is 1. The Morgan fingerprint density at radius 3 is 2.69 bits per heavy atom. The molecule has 1 heterocycles. The maximum Gasteiger partial charge on any atom is 0.143 e. The first-order valence-corrected chi connectivity index (χ1v) is 6.39. The summed E-state index contributed by atoms with van der Waals surface area (Å²) in [6.45, 7) is 1.96. The topological polar surface area (TPSA) is 20.2 Å². The molecule has 1 aromatic carbocycles. The van der Waals surface area contributed by atoms with Crippen LogP contribution in [0.2, 0.25) is 0 Å². The van der Waals surface area contributed by atoms with Crippen molar-refractivity contribution in [1.82, 2.24) is 0 Å². The lowest BCUT2D eigenvalue weighted by Gasteiger charge is -2.10. The van der Waals surface area contributed by atoms with Crippen molar-refractivity contribution in [2.75, 3.05) is 0 Å². The largest absolute Gasteiger partial charge is 0.383 e. The summed E-state index contributed by atoms with van der Waals surface area (Å²) in [5.74, 6) is -0.402. The summed E-state index contributed by atoms with van der Waals surface area (Å²) in [5, 5.41) is 10.1. The van der Waals surface area contributed by atoms with Crippen molar-refractivity contribution in [2.24, 2.45) is 0 Å². The van der Waals surface area contributed by atoms with Gasteiger partial charge in [0.25, 0.3) is 0 Å². The fourth-order valence-corrected chi connectivity index (χ4v) is 2.75. The SMILES string of the molecule is Cc1ccc(C(O)c2cccc(Br)c2F)s1. The molecule has 0 spiro atoms. The van der Waals surface area contributed by atoms with Crippen LogP contribution in [0.15, 0.2) is 34.8 Å². The molecule has 0 fully saturated rings. The van der Waals surface area contributed by atoms with Gasteiger partial charge in [0, 0.05) is 15.3 Å². The van der Waals surface area contributed by atoms with Gasteiger partial charge in [-0.1, -0.05) is 12.1 Å². The van der Waals surface area contributed by atoms with Crippen LogP contribution in [0, 0.1) is 12.7 Å². The number of hydrogen-bond donors (Lipinski definition) is 1. The quantitative estimate of drug-likeness (QED) is 0.887. The third kappa shape index (κ3) is 2.19. The molecule has 16 heavy (non-hydrogen) atoms. The second-order valence-corrected chi connectivity index (χ2v) is 5.67.